The lowest BCUT2D eigenvalue weighted by Crippen LogP contribution is -1.99. The first-order valence-electron chi connectivity index (χ1n) is 8.35. The van der Waals surface area contributed by atoms with Crippen molar-refractivity contribution in [3.63, 3.8) is 0 Å². The number of benzene rings is 2. The molecule has 0 aliphatic heterocycles. The van der Waals surface area contributed by atoms with E-state index in [-0.39, 0.29) is 11.1 Å². The molecule has 2 aromatic carbocycles. The molecular formula is C18H12N6O4S2. The molecule has 0 unspecified atom stereocenters. The zero-order valence-electron chi connectivity index (χ0n) is 15.0. The average Bonchev–Trinajstić information content (AvgIpc) is 3.41. The molecule has 2 N–H and O–H groups in total. The van der Waals surface area contributed by atoms with Crippen molar-refractivity contribution >= 4 is 33.5 Å². The first-order chi connectivity index (χ1) is 14.5. The van der Waals surface area contributed by atoms with Gasteiger partial charge in [-0.05, 0) is 70.1 Å². The van der Waals surface area contributed by atoms with Crippen molar-refractivity contribution in [3.05, 3.63) is 72.3 Å². The van der Waals surface area contributed by atoms with Crippen molar-refractivity contribution in [3.8, 4) is 11.4 Å². The molecule has 0 bridgehead atoms. The van der Waals surface area contributed by atoms with Gasteiger partial charge >= 0.3 is 11.9 Å². The zero-order chi connectivity index (χ0) is 21.1. The Labute approximate surface area is 177 Å². The fraction of sp³-hybridized carbons (Fsp3) is 0. The van der Waals surface area contributed by atoms with Gasteiger partial charge in [0.2, 0.25) is 10.3 Å². The highest BCUT2D eigenvalue weighted by Gasteiger charge is 2.14. The molecule has 0 saturated heterocycles. The van der Waals surface area contributed by atoms with Crippen molar-refractivity contribution in [2.75, 3.05) is 0 Å². The summed E-state index contributed by atoms with van der Waals surface area (Å²) in [5.74, 6) is -1.99. The van der Waals surface area contributed by atoms with Gasteiger partial charge in [-0.25, -0.2) is 9.59 Å². The van der Waals surface area contributed by atoms with Crippen LogP contribution in [0.25, 0.3) is 11.4 Å². The Kier molecular flexibility index (Phi) is 5.50. The molecule has 2 aromatic heterocycles. The van der Waals surface area contributed by atoms with Crippen LogP contribution in [0, 0.1) is 0 Å². The number of carboxylic acids is 2. The minimum atomic E-state index is -0.994. The summed E-state index contributed by atoms with van der Waals surface area (Å²) in [6.45, 7) is 0. The molecule has 0 aliphatic rings. The standard InChI is InChI=1S/C18H12N6O4S2/c25-15(26)11-1-5-13(6-2-11)23-9-19-21-17(23)29-30-18-22-20-10-24(18)14-7-3-12(4-8-14)16(27)28/h1-10H,(H,25,26)(H,27,28). The van der Waals surface area contributed by atoms with E-state index in [4.69, 9.17) is 10.2 Å². The van der Waals surface area contributed by atoms with E-state index in [2.05, 4.69) is 20.4 Å². The molecule has 0 amide bonds. The van der Waals surface area contributed by atoms with Crippen LogP contribution in [0.4, 0.5) is 0 Å². The van der Waals surface area contributed by atoms with Crippen molar-refractivity contribution in [2.24, 2.45) is 0 Å². The molecule has 0 spiro atoms. The molecular weight excluding hydrogens is 428 g/mol. The number of aromatic carboxylic acids is 2. The molecule has 2 heterocycles. The molecule has 4 rings (SSSR count). The van der Waals surface area contributed by atoms with Gasteiger partial charge in [0.05, 0.1) is 11.1 Å². The first-order valence-corrected chi connectivity index (χ1v) is 10.5. The van der Waals surface area contributed by atoms with Crippen LogP contribution < -0.4 is 0 Å². The molecule has 0 atom stereocenters. The van der Waals surface area contributed by atoms with Crippen molar-refractivity contribution in [1.82, 2.24) is 29.5 Å². The van der Waals surface area contributed by atoms with Gasteiger partial charge in [-0.2, -0.15) is 0 Å². The normalized spacial score (nSPS) is 10.8. The molecule has 150 valence electrons. The van der Waals surface area contributed by atoms with Crippen LogP contribution in [-0.4, -0.2) is 51.7 Å². The Balaban J connectivity index is 1.52. The van der Waals surface area contributed by atoms with Gasteiger partial charge in [-0.15, -0.1) is 20.4 Å². The van der Waals surface area contributed by atoms with E-state index in [0.29, 0.717) is 10.3 Å². The molecule has 12 heteroatoms. The maximum absolute atomic E-state index is 11.0. The summed E-state index contributed by atoms with van der Waals surface area (Å²) in [6, 6.07) is 12.7. The lowest BCUT2D eigenvalue weighted by molar-refractivity contribution is 0.0686. The predicted molar refractivity (Wildman–Crippen MR) is 108 cm³/mol. The fourth-order valence-corrected chi connectivity index (χ4v) is 4.43. The Morgan fingerprint density at radius 1 is 0.667 bits per heavy atom. The number of carboxylic acid groups (broad SMARTS) is 2. The SMILES string of the molecule is O=C(O)c1ccc(-n2cnnc2SSc2nncn2-c2ccc(C(=O)O)cc2)cc1. The molecule has 0 fully saturated rings. The van der Waals surface area contributed by atoms with E-state index < -0.39 is 11.9 Å². The largest absolute Gasteiger partial charge is 0.478 e. The molecule has 0 radical (unpaired) electrons. The Hall–Kier alpha value is -3.64. The van der Waals surface area contributed by atoms with Gasteiger partial charge in [0.25, 0.3) is 0 Å². The van der Waals surface area contributed by atoms with E-state index in [1.54, 1.807) is 33.4 Å². The second kappa shape index (κ2) is 8.39. The Bertz CT molecular complexity index is 1110. The van der Waals surface area contributed by atoms with E-state index >= 15 is 0 Å². The second-order valence-electron chi connectivity index (χ2n) is 5.84. The summed E-state index contributed by atoms with van der Waals surface area (Å²) in [5, 5.41) is 35.2. The minimum absolute atomic E-state index is 0.192. The van der Waals surface area contributed by atoms with Crippen LogP contribution in [0.1, 0.15) is 20.7 Å². The summed E-state index contributed by atoms with van der Waals surface area (Å²) in [5.41, 5.74) is 1.83. The topological polar surface area (TPSA) is 136 Å². The maximum Gasteiger partial charge on any atom is 0.335 e. The third-order valence-corrected chi connectivity index (χ3v) is 6.09. The first kappa shape index (κ1) is 19.7. The van der Waals surface area contributed by atoms with Crippen LogP contribution in [-0.2, 0) is 0 Å². The summed E-state index contributed by atoms with van der Waals surface area (Å²) >= 11 is 0. The molecule has 30 heavy (non-hydrogen) atoms. The highest BCUT2D eigenvalue weighted by Crippen LogP contribution is 2.36. The summed E-state index contributed by atoms with van der Waals surface area (Å²) in [6.07, 6.45) is 3.07. The minimum Gasteiger partial charge on any atom is -0.478 e. The van der Waals surface area contributed by atoms with Gasteiger partial charge in [-0.1, -0.05) is 0 Å². The molecule has 0 aliphatic carbocycles. The smallest absolute Gasteiger partial charge is 0.335 e. The average molecular weight is 440 g/mol. The number of hydrogen-bond donors (Lipinski definition) is 2. The van der Waals surface area contributed by atoms with E-state index in [1.165, 1.54) is 58.5 Å². The lowest BCUT2D eigenvalue weighted by Gasteiger charge is -2.07. The molecule has 4 aromatic rings. The van der Waals surface area contributed by atoms with Gasteiger partial charge < -0.3 is 10.2 Å². The van der Waals surface area contributed by atoms with Crippen LogP contribution in [0.15, 0.2) is 71.5 Å². The fourth-order valence-electron chi connectivity index (χ4n) is 2.52. The number of rotatable bonds is 7. The molecule has 0 saturated carbocycles. The van der Waals surface area contributed by atoms with Crippen molar-refractivity contribution in [1.29, 1.82) is 0 Å². The second-order valence-corrected chi connectivity index (χ2v) is 7.90. The maximum atomic E-state index is 11.0. The number of aromatic nitrogens is 6. The number of hydrogen-bond acceptors (Lipinski definition) is 8. The summed E-state index contributed by atoms with van der Waals surface area (Å²) < 4.78 is 3.46. The van der Waals surface area contributed by atoms with Gasteiger partial charge in [-0.3, -0.25) is 9.13 Å². The predicted octanol–water partition coefficient (Wildman–Crippen LogP) is 3.04. The van der Waals surface area contributed by atoms with Crippen LogP contribution in [0.2, 0.25) is 0 Å². The van der Waals surface area contributed by atoms with Gasteiger partial charge in [0, 0.05) is 11.4 Å². The van der Waals surface area contributed by atoms with E-state index in [9.17, 15) is 9.59 Å². The van der Waals surface area contributed by atoms with Gasteiger partial charge in [0.1, 0.15) is 12.7 Å². The zero-order valence-corrected chi connectivity index (χ0v) is 16.6. The Morgan fingerprint density at radius 2 is 1.03 bits per heavy atom. The van der Waals surface area contributed by atoms with E-state index in [1.807, 2.05) is 0 Å². The Morgan fingerprint density at radius 3 is 1.37 bits per heavy atom. The third-order valence-electron chi connectivity index (χ3n) is 4.01. The third kappa shape index (κ3) is 4.04. The lowest BCUT2D eigenvalue weighted by atomic mass is 10.2. The summed E-state index contributed by atoms with van der Waals surface area (Å²) in [4.78, 5) is 22.0. The van der Waals surface area contributed by atoms with Crippen LogP contribution >= 0.6 is 21.6 Å². The monoisotopic (exact) mass is 440 g/mol. The van der Waals surface area contributed by atoms with Crippen molar-refractivity contribution < 1.29 is 19.8 Å². The van der Waals surface area contributed by atoms with E-state index in [0.717, 1.165) is 11.4 Å². The van der Waals surface area contributed by atoms with Crippen LogP contribution in [0.3, 0.4) is 0 Å². The highest BCUT2D eigenvalue weighted by atomic mass is 33.1. The quantitative estimate of drug-likeness (QED) is 0.413. The number of nitrogens with zero attached hydrogens (tertiary/aromatic N) is 6. The number of carbonyl (C=O) groups is 2. The summed E-state index contributed by atoms with van der Waals surface area (Å²) in [7, 11) is 2.61. The van der Waals surface area contributed by atoms with Gasteiger partial charge in [0.15, 0.2) is 0 Å². The van der Waals surface area contributed by atoms with Crippen LogP contribution in [0.5, 0.6) is 0 Å². The molecule has 10 nitrogen and oxygen atoms in total. The van der Waals surface area contributed by atoms with Crippen molar-refractivity contribution in [2.45, 2.75) is 10.3 Å². The highest BCUT2D eigenvalue weighted by molar-refractivity contribution is 8.76.